The minimum absolute atomic E-state index is 0.0602. The molecule has 5 heteroatoms. The molecular weight excluding hydrogens is 450 g/mol. The number of ketones is 2. The van der Waals surface area contributed by atoms with Crippen molar-refractivity contribution < 1.29 is 19.8 Å². The molecule has 36 heavy (non-hydrogen) atoms. The average Bonchev–Trinajstić information content (AvgIpc) is 2.99. The lowest BCUT2D eigenvalue weighted by molar-refractivity contribution is -0.181. The van der Waals surface area contributed by atoms with Gasteiger partial charge in [0.15, 0.2) is 11.6 Å². The molecule has 6 rings (SSSR count). The third-order valence-electron chi connectivity index (χ3n) is 11.4. The molecule has 194 valence electrons. The first-order chi connectivity index (χ1) is 17.2. The van der Waals surface area contributed by atoms with E-state index in [0.29, 0.717) is 19.3 Å². The van der Waals surface area contributed by atoms with E-state index < -0.39 is 17.1 Å². The SMILES string of the molecule is CC12CCC(=O)C=C1CCC1C2[C@@H](O)CC2(C)C1CC[C@]2(O)C(=O)CN1CCc2ccccc2CC1. The van der Waals surface area contributed by atoms with Crippen LogP contribution < -0.4 is 0 Å². The first-order valence-electron chi connectivity index (χ1n) is 14.1. The number of allylic oxidation sites excluding steroid dienone is 1. The van der Waals surface area contributed by atoms with Gasteiger partial charge in [0.2, 0.25) is 0 Å². The number of aliphatic hydroxyl groups excluding tert-OH is 1. The number of nitrogens with zero attached hydrogens (tertiary/aromatic N) is 1. The lowest BCUT2D eigenvalue weighted by Gasteiger charge is -2.60. The van der Waals surface area contributed by atoms with Gasteiger partial charge in [0.1, 0.15) is 5.60 Å². The highest BCUT2D eigenvalue weighted by Crippen LogP contribution is 2.67. The molecule has 0 spiro atoms. The molecule has 5 unspecified atom stereocenters. The first-order valence-corrected chi connectivity index (χ1v) is 14.1. The second-order valence-electron chi connectivity index (χ2n) is 12.9. The van der Waals surface area contributed by atoms with Crippen molar-refractivity contribution >= 4 is 11.6 Å². The Kier molecular flexibility index (Phi) is 5.86. The summed E-state index contributed by atoms with van der Waals surface area (Å²) in [6.45, 7) is 6.27. The van der Waals surface area contributed by atoms with Crippen LogP contribution in [0.3, 0.4) is 0 Å². The number of rotatable bonds is 3. The molecule has 0 aromatic heterocycles. The molecule has 1 aromatic carbocycles. The Morgan fingerprint density at radius 2 is 1.72 bits per heavy atom. The fourth-order valence-corrected chi connectivity index (χ4v) is 9.36. The minimum atomic E-state index is -1.39. The Morgan fingerprint density at radius 1 is 1.03 bits per heavy atom. The third kappa shape index (κ3) is 3.53. The van der Waals surface area contributed by atoms with Crippen LogP contribution in [0.15, 0.2) is 35.9 Å². The highest BCUT2D eigenvalue weighted by atomic mass is 16.3. The fourth-order valence-electron chi connectivity index (χ4n) is 9.36. The van der Waals surface area contributed by atoms with Crippen molar-refractivity contribution in [3.05, 3.63) is 47.0 Å². The quantitative estimate of drug-likeness (QED) is 0.671. The van der Waals surface area contributed by atoms with Crippen LogP contribution in [0.1, 0.15) is 69.9 Å². The lowest BCUT2D eigenvalue weighted by atomic mass is 9.45. The predicted octanol–water partition coefficient (Wildman–Crippen LogP) is 3.89. The largest absolute Gasteiger partial charge is 0.393 e. The highest BCUT2D eigenvalue weighted by molar-refractivity contribution is 5.92. The van der Waals surface area contributed by atoms with Gasteiger partial charge in [-0.1, -0.05) is 43.7 Å². The number of fused-ring (bicyclic) bond motifs is 6. The first kappa shape index (κ1) is 24.5. The Balaban J connectivity index is 1.22. The number of hydrogen-bond donors (Lipinski definition) is 2. The van der Waals surface area contributed by atoms with E-state index in [1.165, 1.54) is 16.7 Å². The molecule has 1 heterocycles. The second kappa shape index (κ2) is 8.61. The van der Waals surface area contributed by atoms with Crippen LogP contribution in [0.25, 0.3) is 0 Å². The van der Waals surface area contributed by atoms with Crippen molar-refractivity contribution in [1.82, 2.24) is 4.90 Å². The van der Waals surface area contributed by atoms with Gasteiger partial charge in [0.25, 0.3) is 0 Å². The molecule has 1 aliphatic heterocycles. The molecule has 4 aliphatic carbocycles. The van der Waals surface area contributed by atoms with E-state index in [4.69, 9.17) is 0 Å². The van der Waals surface area contributed by atoms with Crippen molar-refractivity contribution in [1.29, 1.82) is 0 Å². The summed E-state index contributed by atoms with van der Waals surface area (Å²) in [5, 5.41) is 23.7. The monoisotopic (exact) mass is 491 g/mol. The normalized spacial score (nSPS) is 42.4. The predicted molar refractivity (Wildman–Crippen MR) is 138 cm³/mol. The van der Waals surface area contributed by atoms with Gasteiger partial charge in [-0.05, 0) is 91.7 Å². The number of carbonyl (C=O) groups is 2. The number of aliphatic hydroxyl groups is 2. The second-order valence-corrected chi connectivity index (χ2v) is 12.9. The molecular formula is C31H41NO4. The molecule has 0 amide bonds. The van der Waals surface area contributed by atoms with E-state index in [9.17, 15) is 19.8 Å². The molecule has 0 bridgehead atoms. The zero-order valence-electron chi connectivity index (χ0n) is 21.8. The van der Waals surface area contributed by atoms with Crippen molar-refractivity contribution in [3.63, 3.8) is 0 Å². The summed E-state index contributed by atoms with van der Waals surface area (Å²) in [5.41, 5.74) is 1.80. The molecule has 3 fully saturated rings. The zero-order chi connectivity index (χ0) is 25.3. The standard InChI is InChI=1S/C31H41NO4/c1-29-13-9-23(33)17-22(29)7-8-24-25-10-14-31(36,30(25,2)18-26(34)28(24)29)27(35)19-32-15-11-20-5-3-4-6-21(20)12-16-32/h3-6,17,24-26,28,34,36H,7-16,18-19H2,1-2H3/t24?,25?,26-,28?,29?,30?,31-/m0/s1. The fraction of sp³-hybridized carbons (Fsp3) is 0.677. The highest BCUT2D eigenvalue weighted by Gasteiger charge is 2.68. The van der Waals surface area contributed by atoms with Gasteiger partial charge in [-0.3, -0.25) is 14.5 Å². The van der Waals surface area contributed by atoms with Crippen molar-refractivity contribution in [2.24, 2.45) is 28.6 Å². The van der Waals surface area contributed by atoms with Crippen LogP contribution in [0.5, 0.6) is 0 Å². The van der Waals surface area contributed by atoms with Gasteiger partial charge in [-0.25, -0.2) is 0 Å². The van der Waals surface area contributed by atoms with Crippen LogP contribution in [0.4, 0.5) is 0 Å². The van der Waals surface area contributed by atoms with Gasteiger partial charge >= 0.3 is 0 Å². The van der Waals surface area contributed by atoms with Gasteiger partial charge in [-0.2, -0.15) is 0 Å². The Hall–Kier alpha value is -1.82. The Bertz CT molecular complexity index is 1080. The lowest BCUT2D eigenvalue weighted by Crippen LogP contribution is -2.62. The number of carbonyl (C=O) groups excluding carboxylic acids is 2. The van der Waals surface area contributed by atoms with Crippen molar-refractivity contribution in [2.45, 2.75) is 83.3 Å². The molecule has 2 N–H and O–H groups in total. The van der Waals surface area contributed by atoms with Crippen LogP contribution in [-0.4, -0.2) is 58.0 Å². The molecule has 5 aliphatic rings. The maximum absolute atomic E-state index is 13.9. The Morgan fingerprint density at radius 3 is 2.42 bits per heavy atom. The van der Waals surface area contributed by atoms with Crippen LogP contribution >= 0.6 is 0 Å². The van der Waals surface area contributed by atoms with Gasteiger partial charge in [0, 0.05) is 24.9 Å². The summed E-state index contributed by atoms with van der Waals surface area (Å²) in [4.78, 5) is 28.2. The maximum atomic E-state index is 13.9. The number of benzene rings is 1. The summed E-state index contributed by atoms with van der Waals surface area (Å²) in [7, 11) is 0. The summed E-state index contributed by atoms with van der Waals surface area (Å²) >= 11 is 0. The maximum Gasteiger partial charge on any atom is 0.178 e. The Labute approximate surface area is 215 Å². The van der Waals surface area contributed by atoms with E-state index in [-0.39, 0.29) is 41.3 Å². The summed E-state index contributed by atoms with van der Waals surface area (Å²) in [6, 6.07) is 8.53. The molecule has 5 nitrogen and oxygen atoms in total. The van der Waals surface area contributed by atoms with Gasteiger partial charge < -0.3 is 10.2 Å². The average molecular weight is 492 g/mol. The van der Waals surface area contributed by atoms with E-state index in [2.05, 4.69) is 43.0 Å². The van der Waals surface area contributed by atoms with Crippen molar-refractivity contribution in [2.75, 3.05) is 19.6 Å². The van der Waals surface area contributed by atoms with Crippen LogP contribution in [0.2, 0.25) is 0 Å². The van der Waals surface area contributed by atoms with Crippen LogP contribution in [-0.2, 0) is 22.4 Å². The minimum Gasteiger partial charge on any atom is -0.393 e. The van der Waals surface area contributed by atoms with Gasteiger partial charge in [0.05, 0.1) is 12.6 Å². The molecule has 0 saturated heterocycles. The van der Waals surface area contributed by atoms with E-state index in [1.54, 1.807) is 0 Å². The summed E-state index contributed by atoms with van der Waals surface area (Å²) in [5.74, 6) is 0.765. The van der Waals surface area contributed by atoms with E-state index in [0.717, 1.165) is 51.6 Å². The van der Waals surface area contributed by atoms with Crippen molar-refractivity contribution in [3.8, 4) is 0 Å². The number of Topliss-reactive ketones (excluding diaryl/α,β-unsaturated/α-hetero) is 1. The summed E-state index contributed by atoms with van der Waals surface area (Å²) < 4.78 is 0. The molecule has 0 radical (unpaired) electrons. The molecule has 3 saturated carbocycles. The molecule has 1 aromatic rings. The topological polar surface area (TPSA) is 77.8 Å². The zero-order valence-corrected chi connectivity index (χ0v) is 21.8. The van der Waals surface area contributed by atoms with Crippen LogP contribution in [0, 0.1) is 28.6 Å². The number of hydrogen-bond acceptors (Lipinski definition) is 5. The van der Waals surface area contributed by atoms with E-state index in [1.807, 2.05) is 6.08 Å². The molecule has 7 atom stereocenters. The summed E-state index contributed by atoms with van der Waals surface area (Å²) in [6.07, 6.45) is 8.14. The van der Waals surface area contributed by atoms with Gasteiger partial charge in [-0.15, -0.1) is 0 Å². The van der Waals surface area contributed by atoms with E-state index >= 15 is 0 Å². The third-order valence-corrected chi connectivity index (χ3v) is 11.4. The smallest absolute Gasteiger partial charge is 0.178 e.